The molecule has 6 heteroatoms. The molecule has 0 saturated carbocycles. The number of aromatic nitrogens is 3. The number of benzene rings is 1. The molecule has 3 nitrogen and oxygen atoms in total. The lowest BCUT2D eigenvalue weighted by molar-refractivity contribution is 0.963. The van der Waals surface area contributed by atoms with Gasteiger partial charge in [-0.2, -0.15) is 5.10 Å². The molecule has 0 spiro atoms. The second kappa shape index (κ2) is 4.20. The Morgan fingerprint density at radius 3 is 2.50 bits per heavy atom. The van der Waals surface area contributed by atoms with Crippen molar-refractivity contribution in [1.29, 1.82) is 0 Å². The summed E-state index contributed by atoms with van der Waals surface area (Å²) in [6.45, 7) is 3.75. The van der Waals surface area contributed by atoms with E-state index in [2.05, 4.69) is 10.2 Å². The molecule has 0 aliphatic heterocycles. The highest BCUT2D eigenvalue weighted by Gasteiger charge is 2.10. The number of halogens is 2. The van der Waals surface area contributed by atoms with Gasteiger partial charge in [-0.3, -0.25) is 9.67 Å². The van der Waals surface area contributed by atoms with E-state index < -0.39 is 0 Å². The van der Waals surface area contributed by atoms with E-state index in [1.54, 1.807) is 10.6 Å². The summed E-state index contributed by atoms with van der Waals surface area (Å²) in [5.41, 5.74) is 1.68. The van der Waals surface area contributed by atoms with Crippen molar-refractivity contribution in [2.45, 2.75) is 13.8 Å². The van der Waals surface area contributed by atoms with E-state index in [1.807, 2.05) is 19.9 Å². The average Bonchev–Trinajstić information content (AvgIpc) is 2.53. The molecule has 0 saturated heterocycles. The van der Waals surface area contributed by atoms with Gasteiger partial charge >= 0.3 is 0 Å². The Morgan fingerprint density at radius 2 is 1.94 bits per heavy atom. The van der Waals surface area contributed by atoms with Crippen molar-refractivity contribution in [3.05, 3.63) is 38.3 Å². The lowest BCUT2D eigenvalue weighted by Crippen LogP contribution is -1.98. The largest absolute Gasteiger partial charge is 0.271 e. The monoisotopic (exact) mass is 273 g/mol. The second-order valence-corrected chi connectivity index (χ2v) is 4.67. The number of hydrogen-bond acceptors (Lipinski definition) is 2. The molecule has 0 bridgehead atoms. The van der Waals surface area contributed by atoms with E-state index in [-0.39, 0.29) is 0 Å². The van der Waals surface area contributed by atoms with Crippen molar-refractivity contribution < 1.29 is 0 Å². The average molecular weight is 274 g/mol. The zero-order chi connectivity index (χ0) is 11.9. The first-order valence-electron chi connectivity index (χ1n) is 4.60. The molecule has 1 N–H and O–H groups in total. The lowest BCUT2D eigenvalue weighted by atomic mass is 10.2. The predicted octanol–water partition coefficient (Wildman–Crippen LogP) is 3.85. The standard InChI is InChI=1S/C10H9Cl2N3S/c1-5-3-8(12)9(4-7(5)11)15-6(2)13-14-10(15)16/h3-4H,1-2H3,(H,14,16). The molecular weight excluding hydrogens is 265 g/mol. The van der Waals surface area contributed by atoms with Gasteiger partial charge in [0.05, 0.1) is 10.7 Å². The second-order valence-electron chi connectivity index (χ2n) is 3.46. The van der Waals surface area contributed by atoms with E-state index in [9.17, 15) is 0 Å². The normalized spacial score (nSPS) is 10.8. The number of hydrogen-bond donors (Lipinski definition) is 1. The summed E-state index contributed by atoms with van der Waals surface area (Å²) in [6, 6.07) is 3.60. The fourth-order valence-corrected chi connectivity index (χ4v) is 2.20. The van der Waals surface area contributed by atoms with Crippen LogP contribution in [0.1, 0.15) is 11.4 Å². The van der Waals surface area contributed by atoms with Crippen molar-refractivity contribution in [2.24, 2.45) is 0 Å². The van der Waals surface area contributed by atoms with Gasteiger partial charge in [0, 0.05) is 5.02 Å². The van der Waals surface area contributed by atoms with Gasteiger partial charge in [-0.25, -0.2) is 0 Å². The van der Waals surface area contributed by atoms with Gasteiger partial charge in [-0.05, 0) is 43.8 Å². The Bertz CT molecular complexity index is 601. The van der Waals surface area contributed by atoms with E-state index in [0.29, 0.717) is 14.8 Å². The highest BCUT2D eigenvalue weighted by molar-refractivity contribution is 7.71. The van der Waals surface area contributed by atoms with Gasteiger partial charge in [0.1, 0.15) is 5.82 Å². The SMILES string of the molecule is Cc1cc(Cl)c(-n2c(C)n[nH]c2=S)cc1Cl. The maximum atomic E-state index is 6.17. The minimum atomic E-state index is 0.499. The molecule has 16 heavy (non-hydrogen) atoms. The summed E-state index contributed by atoms with van der Waals surface area (Å²) >= 11 is 17.4. The van der Waals surface area contributed by atoms with Gasteiger partial charge in [0.2, 0.25) is 0 Å². The van der Waals surface area contributed by atoms with Crippen LogP contribution in [0.4, 0.5) is 0 Å². The molecule has 0 fully saturated rings. The third-order valence-electron chi connectivity index (χ3n) is 2.31. The molecule has 0 amide bonds. The minimum Gasteiger partial charge on any atom is -0.271 e. The first kappa shape index (κ1) is 11.6. The van der Waals surface area contributed by atoms with Crippen LogP contribution < -0.4 is 0 Å². The maximum Gasteiger partial charge on any atom is 0.199 e. The van der Waals surface area contributed by atoms with Crippen molar-refractivity contribution >= 4 is 35.4 Å². The first-order chi connectivity index (χ1) is 7.50. The summed E-state index contributed by atoms with van der Waals surface area (Å²) < 4.78 is 2.25. The zero-order valence-electron chi connectivity index (χ0n) is 8.71. The smallest absolute Gasteiger partial charge is 0.199 e. The van der Waals surface area contributed by atoms with Crippen LogP contribution in [0.5, 0.6) is 0 Å². The number of nitrogens with one attached hydrogen (secondary N) is 1. The van der Waals surface area contributed by atoms with Crippen molar-refractivity contribution in [2.75, 3.05) is 0 Å². The summed E-state index contributed by atoms with van der Waals surface area (Å²) in [5, 5.41) is 7.99. The molecule has 0 aliphatic rings. The third-order valence-corrected chi connectivity index (χ3v) is 3.29. The van der Waals surface area contributed by atoms with E-state index in [1.165, 1.54) is 0 Å². The Kier molecular flexibility index (Phi) is 3.06. The summed E-state index contributed by atoms with van der Waals surface area (Å²) in [4.78, 5) is 0. The molecule has 0 unspecified atom stereocenters. The molecule has 2 aromatic rings. The van der Waals surface area contributed by atoms with Crippen LogP contribution in [0.15, 0.2) is 12.1 Å². The Morgan fingerprint density at radius 1 is 1.25 bits per heavy atom. The van der Waals surface area contributed by atoms with Crippen LogP contribution in [0.3, 0.4) is 0 Å². The van der Waals surface area contributed by atoms with Gasteiger partial charge in [-0.1, -0.05) is 23.2 Å². The highest BCUT2D eigenvalue weighted by atomic mass is 35.5. The Hall–Kier alpha value is -0.840. The Labute approximate surface area is 108 Å². The van der Waals surface area contributed by atoms with Crippen LogP contribution in [-0.4, -0.2) is 14.8 Å². The molecule has 0 atom stereocenters. The van der Waals surface area contributed by atoms with E-state index in [0.717, 1.165) is 17.1 Å². The van der Waals surface area contributed by atoms with Crippen LogP contribution in [0.25, 0.3) is 5.69 Å². The van der Waals surface area contributed by atoms with Gasteiger partial charge in [0.15, 0.2) is 4.77 Å². The van der Waals surface area contributed by atoms with Crippen molar-refractivity contribution in [1.82, 2.24) is 14.8 Å². The molecule has 84 valence electrons. The van der Waals surface area contributed by atoms with Crippen LogP contribution in [0.2, 0.25) is 10.0 Å². The highest BCUT2D eigenvalue weighted by Crippen LogP contribution is 2.28. The number of nitrogens with zero attached hydrogens (tertiary/aromatic N) is 2. The first-order valence-corrected chi connectivity index (χ1v) is 5.77. The Balaban J connectivity index is 2.74. The number of rotatable bonds is 1. The fraction of sp³-hybridized carbons (Fsp3) is 0.200. The summed E-state index contributed by atoms with van der Waals surface area (Å²) in [6.07, 6.45) is 0. The van der Waals surface area contributed by atoms with E-state index >= 15 is 0 Å². The van der Waals surface area contributed by atoms with Crippen LogP contribution in [-0.2, 0) is 0 Å². The molecule has 1 aromatic heterocycles. The number of aryl methyl sites for hydroxylation is 2. The predicted molar refractivity (Wildman–Crippen MR) is 68.2 cm³/mol. The molecule has 0 radical (unpaired) electrons. The van der Waals surface area contributed by atoms with Crippen molar-refractivity contribution in [3.63, 3.8) is 0 Å². The third kappa shape index (κ3) is 1.88. The van der Waals surface area contributed by atoms with E-state index in [4.69, 9.17) is 35.4 Å². The van der Waals surface area contributed by atoms with Gasteiger partial charge in [-0.15, -0.1) is 0 Å². The molecule has 0 aliphatic carbocycles. The number of H-pyrrole nitrogens is 1. The maximum absolute atomic E-state index is 6.17. The minimum absolute atomic E-state index is 0.499. The van der Waals surface area contributed by atoms with Crippen LogP contribution in [0, 0.1) is 18.6 Å². The summed E-state index contributed by atoms with van der Waals surface area (Å²) in [7, 11) is 0. The fourth-order valence-electron chi connectivity index (χ4n) is 1.47. The quantitative estimate of drug-likeness (QED) is 0.801. The molecule has 1 aromatic carbocycles. The van der Waals surface area contributed by atoms with Crippen LogP contribution >= 0.6 is 35.4 Å². The molecule has 1 heterocycles. The topological polar surface area (TPSA) is 33.6 Å². The lowest BCUT2D eigenvalue weighted by Gasteiger charge is -2.08. The summed E-state index contributed by atoms with van der Waals surface area (Å²) in [5.74, 6) is 0.742. The van der Waals surface area contributed by atoms with Gasteiger partial charge < -0.3 is 0 Å². The van der Waals surface area contributed by atoms with Gasteiger partial charge in [0.25, 0.3) is 0 Å². The zero-order valence-corrected chi connectivity index (χ0v) is 11.0. The molecular formula is C10H9Cl2N3S. The molecule has 2 rings (SSSR count). The number of aromatic amines is 1. The van der Waals surface area contributed by atoms with Crippen molar-refractivity contribution in [3.8, 4) is 5.69 Å².